The average molecular weight is 540 g/mol. The lowest BCUT2D eigenvalue weighted by atomic mass is 9.96. The van der Waals surface area contributed by atoms with Crippen LogP contribution in [0.2, 0.25) is 5.02 Å². The fourth-order valence-corrected chi connectivity index (χ4v) is 4.61. The smallest absolute Gasteiger partial charge is 0.251 e. The van der Waals surface area contributed by atoms with Crippen LogP contribution < -0.4 is 5.56 Å². The molecule has 31 heavy (non-hydrogen) atoms. The number of pyridine rings is 1. The molecule has 1 aromatic heterocycles. The molecule has 0 spiro atoms. The van der Waals surface area contributed by atoms with Gasteiger partial charge in [-0.2, -0.15) is 0 Å². The third kappa shape index (κ3) is 4.19. The summed E-state index contributed by atoms with van der Waals surface area (Å²) < 4.78 is 2.96. The Morgan fingerprint density at radius 3 is 2.42 bits per heavy atom. The van der Waals surface area contributed by atoms with Gasteiger partial charge in [0.25, 0.3) is 5.56 Å². The Morgan fingerprint density at radius 1 is 0.968 bits per heavy atom. The van der Waals surface area contributed by atoms with Crippen LogP contribution in [0.3, 0.4) is 0 Å². The molecule has 0 saturated heterocycles. The second kappa shape index (κ2) is 8.24. The molecule has 5 rings (SSSR count). The van der Waals surface area contributed by atoms with Crippen molar-refractivity contribution in [3.05, 3.63) is 103 Å². The largest absolute Gasteiger partial charge is 0.308 e. The van der Waals surface area contributed by atoms with Crippen LogP contribution >= 0.6 is 34.2 Å². The van der Waals surface area contributed by atoms with Crippen LogP contribution in [-0.2, 0) is 6.54 Å². The van der Waals surface area contributed by atoms with Gasteiger partial charge in [0.1, 0.15) is 0 Å². The SMILES string of the molecule is O=C(c1ccc(Cl)cc1)c1ccc2c(c1)c(-c1cccc(I)c1)cc(=O)n2CC1CC1. The summed E-state index contributed by atoms with van der Waals surface area (Å²) in [5, 5.41) is 1.52. The number of carbonyl (C=O) groups is 1. The molecule has 5 heteroatoms. The van der Waals surface area contributed by atoms with Crippen molar-refractivity contribution in [3.63, 3.8) is 0 Å². The Balaban J connectivity index is 1.71. The van der Waals surface area contributed by atoms with Crippen molar-refractivity contribution >= 4 is 50.9 Å². The van der Waals surface area contributed by atoms with E-state index in [1.807, 2.05) is 41.0 Å². The zero-order valence-corrected chi connectivity index (χ0v) is 19.6. The van der Waals surface area contributed by atoms with Crippen LogP contribution in [0.5, 0.6) is 0 Å². The summed E-state index contributed by atoms with van der Waals surface area (Å²) in [6, 6.07) is 22.4. The molecular formula is C26H19ClINO2. The van der Waals surface area contributed by atoms with Gasteiger partial charge in [-0.05, 0) is 107 Å². The number of aromatic nitrogens is 1. The molecule has 1 saturated carbocycles. The molecule has 0 radical (unpaired) electrons. The highest BCUT2D eigenvalue weighted by atomic mass is 127. The highest BCUT2D eigenvalue weighted by Gasteiger charge is 2.24. The summed E-state index contributed by atoms with van der Waals surface area (Å²) in [4.78, 5) is 26.2. The summed E-state index contributed by atoms with van der Waals surface area (Å²) in [7, 11) is 0. The lowest BCUT2D eigenvalue weighted by molar-refractivity contribution is 0.103. The molecule has 0 amide bonds. The molecule has 1 fully saturated rings. The molecular weight excluding hydrogens is 521 g/mol. The maximum absolute atomic E-state index is 13.1. The summed E-state index contributed by atoms with van der Waals surface area (Å²) >= 11 is 8.25. The van der Waals surface area contributed by atoms with Crippen molar-refractivity contribution in [2.75, 3.05) is 0 Å². The normalized spacial score (nSPS) is 13.5. The van der Waals surface area contributed by atoms with Gasteiger partial charge in [-0.15, -0.1) is 0 Å². The number of fused-ring (bicyclic) bond motifs is 1. The minimum absolute atomic E-state index is 0.00467. The lowest BCUT2D eigenvalue weighted by Gasteiger charge is -2.15. The molecule has 1 aliphatic carbocycles. The van der Waals surface area contributed by atoms with E-state index in [0.29, 0.717) is 22.1 Å². The summed E-state index contributed by atoms with van der Waals surface area (Å²) in [5.74, 6) is 0.506. The minimum atomic E-state index is -0.0629. The minimum Gasteiger partial charge on any atom is -0.308 e. The first-order chi connectivity index (χ1) is 15.0. The monoisotopic (exact) mass is 539 g/mol. The molecule has 1 heterocycles. The number of halogens is 2. The van der Waals surface area contributed by atoms with E-state index in [1.54, 1.807) is 30.3 Å². The number of ketones is 1. The quantitative estimate of drug-likeness (QED) is 0.213. The summed E-state index contributed by atoms with van der Waals surface area (Å²) in [6.45, 7) is 0.729. The van der Waals surface area contributed by atoms with Gasteiger partial charge in [0.05, 0.1) is 5.52 Å². The molecule has 154 valence electrons. The van der Waals surface area contributed by atoms with Gasteiger partial charge in [0.2, 0.25) is 0 Å². The molecule has 0 atom stereocenters. The van der Waals surface area contributed by atoms with Crippen molar-refractivity contribution < 1.29 is 4.79 Å². The van der Waals surface area contributed by atoms with E-state index in [9.17, 15) is 9.59 Å². The Labute approximate surface area is 198 Å². The van der Waals surface area contributed by atoms with E-state index in [2.05, 4.69) is 28.7 Å². The second-order valence-electron chi connectivity index (χ2n) is 8.03. The van der Waals surface area contributed by atoms with Crippen LogP contribution in [0.15, 0.2) is 77.6 Å². The first-order valence-electron chi connectivity index (χ1n) is 10.2. The molecule has 0 bridgehead atoms. The molecule has 0 unspecified atom stereocenters. The highest BCUT2D eigenvalue weighted by Crippen LogP contribution is 2.34. The number of hydrogen-bond acceptors (Lipinski definition) is 2. The number of benzene rings is 3. The first-order valence-corrected chi connectivity index (χ1v) is 11.7. The molecule has 0 aliphatic heterocycles. The second-order valence-corrected chi connectivity index (χ2v) is 9.71. The zero-order valence-electron chi connectivity index (χ0n) is 16.6. The van der Waals surface area contributed by atoms with E-state index < -0.39 is 0 Å². The third-order valence-electron chi connectivity index (χ3n) is 5.75. The van der Waals surface area contributed by atoms with Gasteiger partial charge in [-0.3, -0.25) is 9.59 Å². The van der Waals surface area contributed by atoms with Crippen molar-refractivity contribution in [1.29, 1.82) is 0 Å². The highest BCUT2D eigenvalue weighted by molar-refractivity contribution is 14.1. The Bertz CT molecular complexity index is 1370. The van der Waals surface area contributed by atoms with Gasteiger partial charge in [-0.1, -0.05) is 23.7 Å². The van der Waals surface area contributed by atoms with E-state index in [0.717, 1.165) is 32.1 Å². The molecule has 4 aromatic rings. The molecule has 1 aliphatic rings. The molecule has 3 aromatic carbocycles. The fraction of sp³-hybridized carbons (Fsp3) is 0.154. The van der Waals surface area contributed by atoms with E-state index in [-0.39, 0.29) is 11.3 Å². The first kappa shape index (κ1) is 20.5. The van der Waals surface area contributed by atoms with E-state index in [1.165, 1.54) is 12.8 Å². The zero-order chi connectivity index (χ0) is 21.5. The fourth-order valence-electron chi connectivity index (χ4n) is 3.94. The van der Waals surface area contributed by atoms with Crippen LogP contribution in [0.1, 0.15) is 28.8 Å². The predicted octanol–water partition coefficient (Wildman–Crippen LogP) is 6.57. The van der Waals surface area contributed by atoms with Crippen LogP contribution in [0.4, 0.5) is 0 Å². The number of nitrogens with zero attached hydrogens (tertiary/aromatic N) is 1. The molecule has 0 N–H and O–H groups in total. The van der Waals surface area contributed by atoms with Crippen LogP contribution in [-0.4, -0.2) is 10.4 Å². The van der Waals surface area contributed by atoms with Gasteiger partial charge in [0.15, 0.2) is 5.78 Å². The van der Waals surface area contributed by atoms with Crippen LogP contribution in [0, 0.1) is 9.49 Å². The van der Waals surface area contributed by atoms with Gasteiger partial charge < -0.3 is 4.57 Å². The topological polar surface area (TPSA) is 39.1 Å². The predicted molar refractivity (Wildman–Crippen MR) is 134 cm³/mol. The van der Waals surface area contributed by atoms with Gasteiger partial charge in [-0.25, -0.2) is 0 Å². The Morgan fingerprint density at radius 2 is 1.71 bits per heavy atom. The Hall–Kier alpha value is -2.44. The number of carbonyl (C=O) groups excluding carboxylic acids is 1. The van der Waals surface area contributed by atoms with Crippen molar-refractivity contribution in [3.8, 4) is 11.1 Å². The average Bonchev–Trinajstić information content (AvgIpc) is 3.59. The number of rotatable bonds is 5. The van der Waals surface area contributed by atoms with E-state index in [4.69, 9.17) is 11.6 Å². The van der Waals surface area contributed by atoms with Crippen molar-refractivity contribution in [2.45, 2.75) is 19.4 Å². The number of hydrogen-bond donors (Lipinski definition) is 0. The van der Waals surface area contributed by atoms with E-state index >= 15 is 0 Å². The van der Waals surface area contributed by atoms with Crippen molar-refractivity contribution in [1.82, 2.24) is 4.57 Å². The lowest BCUT2D eigenvalue weighted by Crippen LogP contribution is -2.21. The summed E-state index contributed by atoms with van der Waals surface area (Å²) in [6.07, 6.45) is 2.33. The maximum Gasteiger partial charge on any atom is 0.251 e. The molecule has 3 nitrogen and oxygen atoms in total. The van der Waals surface area contributed by atoms with Crippen molar-refractivity contribution in [2.24, 2.45) is 5.92 Å². The summed E-state index contributed by atoms with van der Waals surface area (Å²) in [5.41, 5.74) is 3.90. The third-order valence-corrected chi connectivity index (χ3v) is 6.68. The Kier molecular flexibility index (Phi) is 5.44. The maximum atomic E-state index is 13.1. The van der Waals surface area contributed by atoms with Crippen LogP contribution in [0.25, 0.3) is 22.0 Å². The standard InChI is InChI=1S/C26H19ClINO2/c27-20-9-6-17(7-10-20)26(31)19-8-11-24-23(13-19)22(18-2-1-3-21(28)12-18)14-25(30)29(24)15-16-4-5-16/h1-3,6-14,16H,4-5,15H2. The van der Waals surface area contributed by atoms with Gasteiger partial charge >= 0.3 is 0 Å². The van der Waals surface area contributed by atoms with Gasteiger partial charge in [0, 0.05) is 37.7 Å².